The highest BCUT2D eigenvalue weighted by atomic mass is 16.5. The van der Waals surface area contributed by atoms with Crippen LogP contribution in [0.4, 0.5) is 66.0 Å². The Balaban J connectivity index is 0.000000176. The van der Waals surface area contributed by atoms with E-state index in [1.165, 1.54) is 18.6 Å². The summed E-state index contributed by atoms with van der Waals surface area (Å²) in [5, 5.41) is 40.1. The summed E-state index contributed by atoms with van der Waals surface area (Å²) in [5.74, 6) is 3.97. The van der Waals surface area contributed by atoms with Crippen molar-refractivity contribution in [3.05, 3.63) is 127 Å². The molecule has 11 rings (SSSR count). The van der Waals surface area contributed by atoms with Crippen LogP contribution in [0.1, 0.15) is 145 Å². The average molecular weight is 1380 g/mol. The molecule has 101 heavy (non-hydrogen) atoms. The molecule has 2 saturated carbocycles. The molecule has 530 valence electrons. The van der Waals surface area contributed by atoms with Gasteiger partial charge in [0.05, 0.1) is 88.8 Å². The number of aromatic nitrogens is 12. The van der Waals surface area contributed by atoms with Crippen LogP contribution in [0.25, 0.3) is 34.2 Å². The van der Waals surface area contributed by atoms with Gasteiger partial charge in [-0.05, 0) is 110 Å². The minimum absolute atomic E-state index is 0.0704. The van der Waals surface area contributed by atoms with Crippen molar-refractivity contribution >= 4 is 87.0 Å². The third kappa shape index (κ3) is 19.3. The third-order valence-corrected chi connectivity index (χ3v) is 15.9. The quantitative estimate of drug-likeness (QED) is 0.0227. The molecule has 9 aromatic rings. The van der Waals surface area contributed by atoms with E-state index in [-0.39, 0.29) is 41.5 Å². The number of methoxy groups -OCH3 is 3. The van der Waals surface area contributed by atoms with Gasteiger partial charge in [0, 0.05) is 93.3 Å². The Morgan fingerprint density at radius 3 is 1.01 bits per heavy atom. The van der Waals surface area contributed by atoms with E-state index in [2.05, 4.69) is 93.1 Å². The fourth-order valence-electron chi connectivity index (χ4n) is 10.3. The van der Waals surface area contributed by atoms with E-state index >= 15 is 0 Å². The summed E-state index contributed by atoms with van der Waals surface area (Å²) in [6.45, 7) is 19.1. The summed E-state index contributed by atoms with van der Waals surface area (Å²) in [7, 11) is 4.71. The maximum atomic E-state index is 12.6. The smallest absolute Gasteiger partial charge is 0.320 e. The Morgan fingerprint density at radius 1 is 0.436 bits per heavy atom. The van der Waals surface area contributed by atoms with Crippen LogP contribution >= 0.6 is 0 Å². The van der Waals surface area contributed by atoms with E-state index in [0.29, 0.717) is 153 Å². The van der Waals surface area contributed by atoms with Gasteiger partial charge in [0.2, 0.25) is 0 Å². The number of hydrogen-bond acceptors (Lipinski definition) is 21. The number of ketones is 3. The van der Waals surface area contributed by atoms with Gasteiger partial charge in [-0.3, -0.25) is 44.4 Å². The van der Waals surface area contributed by atoms with Crippen LogP contribution < -0.4 is 62.1 Å². The number of nitrogens with zero attached hydrogens (tertiary/aromatic N) is 12. The highest BCUT2D eigenvalue weighted by Gasteiger charge is 2.26. The fourth-order valence-corrected chi connectivity index (χ4v) is 10.3. The zero-order chi connectivity index (χ0) is 72.3. The monoisotopic (exact) mass is 1380 g/mol. The topological polar surface area (TPSA) is 369 Å². The minimum Gasteiger partial charge on any atom is -0.494 e. The van der Waals surface area contributed by atoms with Gasteiger partial charge < -0.3 is 46.1 Å². The van der Waals surface area contributed by atoms with E-state index in [0.717, 1.165) is 37.7 Å². The fraction of sp³-hybridized carbons (Fsp3) is 0.366. The summed E-state index contributed by atoms with van der Waals surface area (Å²) in [5.41, 5.74) is 6.40. The van der Waals surface area contributed by atoms with Crippen molar-refractivity contribution in [3.8, 4) is 51.4 Å². The van der Waals surface area contributed by atoms with Gasteiger partial charge in [0.25, 0.3) is 0 Å². The zero-order valence-corrected chi connectivity index (χ0v) is 58.9. The van der Waals surface area contributed by atoms with Crippen LogP contribution in [0.5, 0.6) is 17.2 Å². The van der Waals surface area contributed by atoms with Crippen LogP contribution in [-0.2, 0) is 19.6 Å². The Bertz CT molecular complexity index is 4420. The number of carbonyl (C=O) groups is 6. The highest BCUT2D eigenvalue weighted by molar-refractivity contribution is 6.05. The molecule has 0 bridgehead atoms. The number of Topliss-reactive ketones (excluding diaryl/α,β-unsaturated/α-hetero) is 3. The lowest BCUT2D eigenvalue weighted by atomic mass is 9.93. The molecule has 0 radical (unpaired) electrons. The number of anilines is 9. The lowest BCUT2D eigenvalue weighted by Crippen LogP contribution is -2.43. The number of rotatable bonds is 26. The van der Waals surface area contributed by atoms with Crippen molar-refractivity contribution < 1.29 is 43.0 Å². The van der Waals surface area contributed by atoms with Crippen LogP contribution in [0.15, 0.2) is 110 Å². The van der Waals surface area contributed by atoms with Crippen molar-refractivity contribution in [2.45, 2.75) is 151 Å². The summed E-state index contributed by atoms with van der Waals surface area (Å²) in [6, 6.07) is 21.0. The van der Waals surface area contributed by atoms with Crippen molar-refractivity contribution in [1.82, 2.24) is 75.2 Å². The molecule has 2 aliphatic rings. The molecular weight excluding hydrogens is 1290 g/mol. The van der Waals surface area contributed by atoms with Gasteiger partial charge in [-0.1, -0.05) is 39.0 Å². The van der Waals surface area contributed by atoms with Gasteiger partial charge in [-0.15, -0.1) is 0 Å². The molecule has 30 heteroatoms. The predicted octanol–water partition coefficient (Wildman–Crippen LogP) is 13.0. The molecule has 6 amide bonds. The summed E-state index contributed by atoms with van der Waals surface area (Å²) in [4.78, 5) is 100. The number of ether oxygens (including phenoxy) is 3. The molecule has 2 aliphatic carbocycles. The maximum Gasteiger partial charge on any atom is 0.320 e. The standard InChI is InChI=1S/C24H29N7O3.C24H31N7O3.C23H27N7O3/c1-4-20(32)17-13-25-21(29-24(33)27-15-8-6-9-15)12-19(17)28-18-11-7-10-16(22(18)34-3)23-26-14-31(5-2)30-23;1-7-19(32)16-13-25-20(28-23(33)29-24(3,4)5)12-18(16)27-17-11-9-10-15(21(17)34-6)22-26-14-31(8-2)30-22;1-4-19(31)16-12-24-20(28-23(32)26-14-9-10-14)11-18(16)27-17-8-6-7-15(21(17)33-3)22-25-13-30(5-2)29-22/h7,10-15H,4-6,8-9H2,1-3H3,(H3,25,27,28,29,33);9-14H,7-8H2,1-6H3,(H3,25,27,28,29,33);6-8,11-14H,4-5,9-10H2,1-3H3,(H3,24,26,27,28,32). The molecule has 0 spiro atoms. The Hall–Kier alpha value is -11.9. The van der Waals surface area contributed by atoms with Crippen molar-refractivity contribution in [1.29, 1.82) is 0 Å². The summed E-state index contributed by atoms with van der Waals surface area (Å²) < 4.78 is 22.3. The number of benzene rings is 3. The molecule has 0 saturated heterocycles. The van der Waals surface area contributed by atoms with Crippen molar-refractivity contribution in [2.24, 2.45) is 0 Å². The highest BCUT2D eigenvalue weighted by Crippen LogP contribution is 2.41. The normalized spacial score (nSPS) is 12.4. The Kier molecular flexibility index (Phi) is 24.8. The molecule has 9 N–H and O–H groups in total. The zero-order valence-electron chi connectivity index (χ0n) is 58.9. The lowest BCUT2D eigenvalue weighted by molar-refractivity contribution is 0.0980. The maximum absolute atomic E-state index is 12.6. The number of urea groups is 3. The first-order valence-corrected chi connectivity index (χ1v) is 33.5. The number of amides is 6. The second kappa shape index (κ2) is 34.1. The molecule has 30 nitrogen and oxygen atoms in total. The molecule has 0 aliphatic heterocycles. The second-order valence-corrected chi connectivity index (χ2v) is 24.4. The first-order chi connectivity index (χ1) is 48.7. The average Bonchev–Trinajstić information content (AvgIpc) is 1.78. The largest absolute Gasteiger partial charge is 0.494 e. The van der Waals surface area contributed by atoms with Crippen LogP contribution in [0.2, 0.25) is 0 Å². The SMILES string of the molecule is CCC(=O)c1cnc(NC(=O)NC(C)(C)C)cc1Nc1cccc(-c2ncn(CC)n2)c1OC.CCC(=O)c1cnc(NC(=O)NC2CC2)cc1Nc1cccc(-c2ncn(CC)n2)c1OC.CCC(=O)c1cnc(NC(=O)NC2CCC2)cc1Nc1cccc(-c2ncn(CC)n2)c1OC. The van der Waals surface area contributed by atoms with E-state index in [1.807, 2.05) is 96.1 Å². The van der Waals surface area contributed by atoms with Gasteiger partial charge in [-0.25, -0.2) is 44.3 Å². The van der Waals surface area contributed by atoms with E-state index in [9.17, 15) is 28.8 Å². The van der Waals surface area contributed by atoms with Crippen molar-refractivity contribution in [2.75, 3.05) is 53.2 Å². The first-order valence-electron chi connectivity index (χ1n) is 33.5. The van der Waals surface area contributed by atoms with Crippen LogP contribution in [-0.4, -0.2) is 134 Å². The van der Waals surface area contributed by atoms with Crippen LogP contribution in [0.3, 0.4) is 0 Å². The molecule has 0 unspecified atom stereocenters. The molecular formula is C71H87N21O9. The number of pyridine rings is 3. The first kappa shape index (κ1) is 73.4. The van der Waals surface area contributed by atoms with E-state index in [1.54, 1.807) is 93.3 Å². The Labute approximate surface area is 585 Å². The number of para-hydroxylation sites is 3. The van der Waals surface area contributed by atoms with Gasteiger partial charge in [0.1, 0.15) is 36.4 Å². The summed E-state index contributed by atoms with van der Waals surface area (Å²) in [6.07, 6.45) is 15.4. The molecule has 6 heterocycles. The number of carbonyl (C=O) groups excluding carboxylic acids is 6. The second-order valence-electron chi connectivity index (χ2n) is 24.4. The molecule has 3 aromatic carbocycles. The van der Waals surface area contributed by atoms with Gasteiger partial charge in [-0.2, -0.15) is 15.3 Å². The molecule has 6 aromatic heterocycles. The molecule has 2 fully saturated rings. The van der Waals surface area contributed by atoms with Gasteiger partial charge >= 0.3 is 18.1 Å². The third-order valence-electron chi connectivity index (χ3n) is 15.9. The predicted molar refractivity (Wildman–Crippen MR) is 386 cm³/mol. The number of hydrogen-bond donors (Lipinski definition) is 9. The number of nitrogens with one attached hydrogen (secondary N) is 9. The van der Waals surface area contributed by atoms with E-state index in [4.69, 9.17) is 14.2 Å². The number of aryl methyl sites for hydroxylation is 3. The van der Waals surface area contributed by atoms with Gasteiger partial charge in [0.15, 0.2) is 52.1 Å². The van der Waals surface area contributed by atoms with Crippen LogP contribution in [0, 0.1) is 0 Å². The Morgan fingerprint density at radius 2 is 0.752 bits per heavy atom. The van der Waals surface area contributed by atoms with E-state index < -0.39 is 11.6 Å². The lowest BCUT2D eigenvalue weighted by Gasteiger charge is -2.26. The minimum atomic E-state index is -0.407. The molecule has 0 atom stereocenters. The van der Waals surface area contributed by atoms with Crippen molar-refractivity contribution in [3.63, 3.8) is 0 Å². The summed E-state index contributed by atoms with van der Waals surface area (Å²) >= 11 is 0.